The summed E-state index contributed by atoms with van der Waals surface area (Å²) in [4.78, 5) is 11.1. The number of aromatic carboxylic acids is 1. The van der Waals surface area contributed by atoms with Gasteiger partial charge in [0.2, 0.25) is 0 Å². The highest BCUT2D eigenvalue weighted by Crippen LogP contribution is 2.25. The molecule has 0 unspecified atom stereocenters. The van der Waals surface area contributed by atoms with Gasteiger partial charge in [-0.05, 0) is 48.9 Å². The molecule has 0 aliphatic carbocycles. The van der Waals surface area contributed by atoms with Gasteiger partial charge in [0.05, 0.1) is 5.56 Å². The second kappa shape index (κ2) is 9.00. The van der Waals surface area contributed by atoms with E-state index in [0.29, 0.717) is 23.2 Å². The first-order valence-corrected chi connectivity index (χ1v) is 9.42. The predicted molar refractivity (Wildman–Crippen MR) is 113 cm³/mol. The molecular formula is C22H19Cl2NO3. The van der Waals surface area contributed by atoms with Gasteiger partial charge in [-0.3, -0.25) is 0 Å². The van der Waals surface area contributed by atoms with Crippen LogP contribution in [0.5, 0.6) is 5.75 Å². The number of nitrogens with one attached hydrogen (secondary N) is 1. The number of anilines is 1. The Labute approximate surface area is 173 Å². The lowest BCUT2D eigenvalue weighted by Gasteiger charge is -2.15. The van der Waals surface area contributed by atoms with Crippen molar-refractivity contribution in [2.24, 2.45) is 0 Å². The summed E-state index contributed by atoms with van der Waals surface area (Å²) in [7, 11) is 0. The van der Waals surface area contributed by atoms with Gasteiger partial charge in [0, 0.05) is 33.4 Å². The maximum Gasteiger partial charge on any atom is 0.335 e. The van der Waals surface area contributed by atoms with Crippen molar-refractivity contribution in [2.75, 3.05) is 5.32 Å². The Morgan fingerprint density at radius 3 is 2.54 bits per heavy atom. The quantitative estimate of drug-likeness (QED) is 0.482. The second-order valence-corrected chi connectivity index (χ2v) is 7.16. The molecule has 6 heteroatoms. The molecule has 4 nitrogen and oxygen atoms in total. The molecule has 3 aromatic rings. The van der Waals surface area contributed by atoms with Gasteiger partial charge in [-0.2, -0.15) is 0 Å². The standard InChI is InChI=1S/C22H19Cl2NO3/c1-14-10-15(22(26)27)7-9-20(14)25-12-16-4-2-3-5-21(16)28-13-17-6-8-18(23)11-19(17)24/h2-11,25H,12-13H2,1H3,(H,26,27). The number of hydrogen-bond donors (Lipinski definition) is 2. The monoisotopic (exact) mass is 415 g/mol. The third-order valence-electron chi connectivity index (χ3n) is 4.31. The highest BCUT2D eigenvalue weighted by atomic mass is 35.5. The Hall–Kier alpha value is -2.69. The molecule has 0 amide bonds. The lowest BCUT2D eigenvalue weighted by molar-refractivity contribution is 0.0697. The summed E-state index contributed by atoms with van der Waals surface area (Å²) >= 11 is 12.1. The molecule has 3 rings (SSSR count). The van der Waals surface area contributed by atoms with Crippen LogP contribution in [0.25, 0.3) is 0 Å². The molecule has 0 atom stereocenters. The molecule has 0 saturated carbocycles. The fraction of sp³-hybridized carbons (Fsp3) is 0.136. The van der Waals surface area contributed by atoms with E-state index >= 15 is 0 Å². The molecule has 0 fully saturated rings. The lowest BCUT2D eigenvalue weighted by Crippen LogP contribution is -2.05. The maximum absolute atomic E-state index is 11.1. The molecule has 0 bridgehead atoms. The first kappa shape index (κ1) is 20.1. The van der Waals surface area contributed by atoms with E-state index in [0.717, 1.165) is 28.1 Å². The van der Waals surface area contributed by atoms with Crippen LogP contribution in [-0.4, -0.2) is 11.1 Å². The minimum Gasteiger partial charge on any atom is -0.488 e. The van der Waals surface area contributed by atoms with Crippen molar-refractivity contribution < 1.29 is 14.6 Å². The van der Waals surface area contributed by atoms with Crippen molar-refractivity contribution in [3.05, 3.63) is 93.0 Å². The van der Waals surface area contributed by atoms with E-state index in [4.69, 9.17) is 33.0 Å². The molecule has 0 aromatic heterocycles. The molecule has 0 aliphatic rings. The maximum atomic E-state index is 11.1. The molecule has 0 radical (unpaired) electrons. The minimum atomic E-state index is -0.936. The third-order valence-corrected chi connectivity index (χ3v) is 4.90. The Morgan fingerprint density at radius 1 is 1.04 bits per heavy atom. The van der Waals surface area contributed by atoms with Crippen LogP contribution in [0.4, 0.5) is 5.69 Å². The van der Waals surface area contributed by atoms with Crippen molar-refractivity contribution in [1.29, 1.82) is 0 Å². The van der Waals surface area contributed by atoms with Crippen LogP contribution < -0.4 is 10.1 Å². The summed E-state index contributed by atoms with van der Waals surface area (Å²) in [5.74, 6) is -0.185. The summed E-state index contributed by atoms with van der Waals surface area (Å²) < 4.78 is 5.97. The van der Waals surface area contributed by atoms with Crippen LogP contribution in [0, 0.1) is 6.92 Å². The van der Waals surface area contributed by atoms with Crippen LogP contribution in [0.1, 0.15) is 27.0 Å². The van der Waals surface area contributed by atoms with Crippen molar-refractivity contribution in [3.63, 3.8) is 0 Å². The van der Waals surface area contributed by atoms with E-state index < -0.39 is 5.97 Å². The normalized spacial score (nSPS) is 10.5. The lowest BCUT2D eigenvalue weighted by atomic mass is 10.1. The number of para-hydroxylation sites is 1. The molecule has 2 N–H and O–H groups in total. The van der Waals surface area contributed by atoms with E-state index in [1.54, 1.807) is 30.3 Å². The number of aryl methyl sites for hydroxylation is 1. The first-order valence-electron chi connectivity index (χ1n) is 8.66. The average Bonchev–Trinajstić information content (AvgIpc) is 2.67. The second-order valence-electron chi connectivity index (χ2n) is 6.32. The van der Waals surface area contributed by atoms with Crippen molar-refractivity contribution in [3.8, 4) is 5.75 Å². The highest BCUT2D eigenvalue weighted by Gasteiger charge is 2.08. The Kier molecular flexibility index (Phi) is 6.45. The zero-order valence-corrected chi connectivity index (χ0v) is 16.7. The fourth-order valence-electron chi connectivity index (χ4n) is 2.77. The molecule has 144 valence electrons. The fourth-order valence-corrected chi connectivity index (χ4v) is 3.23. The van der Waals surface area contributed by atoms with Gasteiger partial charge in [0.25, 0.3) is 0 Å². The van der Waals surface area contributed by atoms with Gasteiger partial charge >= 0.3 is 5.97 Å². The number of benzene rings is 3. The Balaban J connectivity index is 1.69. The number of hydrogen-bond acceptors (Lipinski definition) is 3. The SMILES string of the molecule is Cc1cc(C(=O)O)ccc1NCc1ccccc1OCc1ccc(Cl)cc1Cl. The topological polar surface area (TPSA) is 58.6 Å². The molecular weight excluding hydrogens is 397 g/mol. The summed E-state index contributed by atoms with van der Waals surface area (Å²) in [6.45, 7) is 2.75. The summed E-state index contributed by atoms with van der Waals surface area (Å²) in [6, 6.07) is 18.1. The number of rotatable bonds is 7. The number of carboxylic acids is 1. The number of carboxylic acid groups (broad SMARTS) is 1. The molecule has 0 heterocycles. The number of ether oxygens (including phenoxy) is 1. The van der Waals surface area contributed by atoms with E-state index in [1.807, 2.05) is 37.3 Å². The van der Waals surface area contributed by atoms with Gasteiger partial charge in [0.15, 0.2) is 0 Å². The summed E-state index contributed by atoms with van der Waals surface area (Å²) in [6.07, 6.45) is 0. The zero-order valence-electron chi connectivity index (χ0n) is 15.2. The number of carbonyl (C=O) groups is 1. The number of halogens is 2. The molecule has 28 heavy (non-hydrogen) atoms. The summed E-state index contributed by atoms with van der Waals surface area (Å²) in [5, 5.41) is 13.6. The smallest absolute Gasteiger partial charge is 0.335 e. The Morgan fingerprint density at radius 2 is 1.82 bits per heavy atom. The van der Waals surface area contributed by atoms with Gasteiger partial charge < -0.3 is 15.2 Å². The first-order chi connectivity index (χ1) is 13.4. The largest absolute Gasteiger partial charge is 0.488 e. The molecule has 0 aliphatic heterocycles. The van der Waals surface area contributed by atoms with Crippen LogP contribution in [0.3, 0.4) is 0 Å². The molecule has 3 aromatic carbocycles. The van der Waals surface area contributed by atoms with Crippen LogP contribution in [0.2, 0.25) is 10.0 Å². The molecule has 0 saturated heterocycles. The molecule has 0 spiro atoms. The van der Waals surface area contributed by atoms with Gasteiger partial charge in [-0.15, -0.1) is 0 Å². The van der Waals surface area contributed by atoms with Crippen LogP contribution in [0.15, 0.2) is 60.7 Å². The van der Waals surface area contributed by atoms with Gasteiger partial charge in [0.1, 0.15) is 12.4 Å². The third kappa shape index (κ3) is 4.97. The Bertz CT molecular complexity index is 1000. The van der Waals surface area contributed by atoms with Crippen LogP contribution >= 0.6 is 23.2 Å². The van der Waals surface area contributed by atoms with Crippen molar-refractivity contribution in [2.45, 2.75) is 20.1 Å². The van der Waals surface area contributed by atoms with Crippen molar-refractivity contribution in [1.82, 2.24) is 0 Å². The van der Waals surface area contributed by atoms with E-state index in [1.165, 1.54) is 0 Å². The van der Waals surface area contributed by atoms with E-state index in [-0.39, 0.29) is 5.56 Å². The van der Waals surface area contributed by atoms with E-state index in [9.17, 15) is 4.79 Å². The summed E-state index contributed by atoms with van der Waals surface area (Å²) in [5.41, 5.74) is 3.85. The van der Waals surface area contributed by atoms with Crippen molar-refractivity contribution >= 4 is 34.9 Å². The minimum absolute atomic E-state index is 0.270. The van der Waals surface area contributed by atoms with Crippen LogP contribution in [-0.2, 0) is 13.2 Å². The van der Waals surface area contributed by atoms with Gasteiger partial charge in [-0.1, -0.05) is 47.5 Å². The predicted octanol–water partition coefficient (Wildman–Crippen LogP) is 6.19. The highest BCUT2D eigenvalue weighted by molar-refractivity contribution is 6.35. The zero-order chi connectivity index (χ0) is 20.1. The van der Waals surface area contributed by atoms with E-state index in [2.05, 4.69) is 5.32 Å². The average molecular weight is 416 g/mol. The van der Waals surface area contributed by atoms with Gasteiger partial charge in [-0.25, -0.2) is 4.79 Å².